The van der Waals surface area contributed by atoms with E-state index < -0.39 is 30.2 Å². The van der Waals surface area contributed by atoms with Crippen LogP contribution in [0, 0.1) is 5.82 Å². The van der Waals surface area contributed by atoms with E-state index in [1.807, 2.05) is 0 Å². The number of hydrogen-bond donors (Lipinski definition) is 0. The van der Waals surface area contributed by atoms with E-state index in [4.69, 9.17) is 0 Å². The zero-order valence-electron chi connectivity index (χ0n) is 7.81. The molecule has 17 heavy (non-hydrogen) atoms. The topological polar surface area (TPSA) is 22.1 Å². The van der Waals surface area contributed by atoms with Crippen molar-refractivity contribution in [3.63, 3.8) is 0 Å². The quantitative estimate of drug-likeness (QED) is 0.765. The maximum absolute atomic E-state index is 12.5. The highest BCUT2D eigenvalue weighted by molar-refractivity contribution is 5.12. The molecule has 0 N–H and O–H groups in total. The highest BCUT2D eigenvalue weighted by atomic mass is 19.4. The molecule has 0 aliphatic heterocycles. The summed E-state index contributed by atoms with van der Waals surface area (Å²) in [6.45, 7) is 0. The first-order valence-corrected chi connectivity index (χ1v) is 4.02. The Hall–Kier alpha value is -1.54. The first-order chi connectivity index (χ1) is 7.60. The van der Waals surface area contributed by atoms with Crippen LogP contribution >= 0.6 is 0 Å². The molecule has 0 saturated carbocycles. The number of pyridine rings is 1. The van der Waals surface area contributed by atoms with Crippen LogP contribution in [0.15, 0.2) is 18.3 Å². The van der Waals surface area contributed by atoms with E-state index in [0.717, 1.165) is 6.07 Å². The van der Waals surface area contributed by atoms with Crippen LogP contribution < -0.4 is 4.74 Å². The second-order valence-electron chi connectivity index (χ2n) is 2.89. The number of aromatic nitrogens is 1. The third-order valence-corrected chi connectivity index (χ3v) is 1.53. The molecule has 1 rings (SSSR count). The summed E-state index contributed by atoms with van der Waals surface area (Å²) in [6, 6.07) is 1.08. The van der Waals surface area contributed by atoms with Gasteiger partial charge in [-0.2, -0.15) is 26.3 Å². The van der Waals surface area contributed by atoms with Crippen molar-refractivity contribution < 1.29 is 35.5 Å². The molecule has 0 amide bonds. The van der Waals surface area contributed by atoms with Crippen LogP contribution in [0.5, 0.6) is 5.88 Å². The highest BCUT2D eigenvalue weighted by Gasteiger charge is 2.59. The van der Waals surface area contributed by atoms with Gasteiger partial charge in [-0.25, -0.2) is 9.37 Å². The Bertz CT molecular complexity index is 372. The van der Waals surface area contributed by atoms with E-state index in [1.54, 1.807) is 0 Å². The summed E-state index contributed by atoms with van der Waals surface area (Å²) < 4.78 is 88.4. The van der Waals surface area contributed by atoms with Crippen molar-refractivity contribution in [2.24, 2.45) is 0 Å². The fourth-order valence-electron chi connectivity index (χ4n) is 0.890. The zero-order chi connectivity index (χ0) is 13.3. The highest BCUT2D eigenvalue weighted by Crippen LogP contribution is 2.35. The number of halogens is 7. The van der Waals surface area contributed by atoms with E-state index in [0.29, 0.717) is 12.3 Å². The van der Waals surface area contributed by atoms with Gasteiger partial charge in [-0.1, -0.05) is 0 Å². The average molecular weight is 263 g/mol. The van der Waals surface area contributed by atoms with Gasteiger partial charge in [0.25, 0.3) is 6.10 Å². The van der Waals surface area contributed by atoms with Crippen molar-refractivity contribution in [1.82, 2.24) is 4.98 Å². The smallest absolute Gasteiger partial charge is 0.434 e. The van der Waals surface area contributed by atoms with Gasteiger partial charge in [0.2, 0.25) is 5.88 Å². The molecule has 0 aromatic carbocycles. The van der Waals surface area contributed by atoms with Gasteiger partial charge in [0.05, 0.1) is 0 Å². The number of nitrogens with zero attached hydrogens (tertiary/aromatic N) is 1. The van der Waals surface area contributed by atoms with Gasteiger partial charge in [0.15, 0.2) is 0 Å². The molecule has 9 heteroatoms. The summed E-state index contributed by atoms with van der Waals surface area (Å²) in [6.07, 6.45) is -14.7. The number of ether oxygens (including phenoxy) is 1. The summed E-state index contributed by atoms with van der Waals surface area (Å²) >= 11 is 0. The van der Waals surface area contributed by atoms with Crippen LogP contribution in [-0.4, -0.2) is 23.4 Å². The summed E-state index contributed by atoms with van der Waals surface area (Å²) in [7, 11) is 0. The maximum atomic E-state index is 12.5. The molecule has 0 saturated heterocycles. The van der Waals surface area contributed by atoms with Gasteiger partial charge >= 0.3 is 12.4 Å². The van der Waals surface area contributed by atoms with Crippen LogP contribution in [0.4, 0.5) is 30.7 Å². The molecule has 96 valence electrons. The first-order valence-electron chi connectivity index (χ1n) is 4.02. The van der Waals surface area contributed by atoms with Crippen LogP contribution in [0.1, 0.15) is 0 Å². The summed E-state index contributed by atoms with van der Waals surface area (Å²) in [4.78, 5) is 3.04. The Labute approximate surface area is 90.0 Å². The third-order valence-electron chi connectivity index (χ3n) is 1.53. The normalized spacial score (nSPS) is 12.9. The van der Waals surface area contributed by atoms with E-state index in [1.165, 1.54) is 0 Å². The predicted molar refractivity (Wildman–Crippen MR) is 40.7 cm³/mol. The Morgan fingerprint density at radius 3 is 2.00 bits per heavy atom. The number of alkyl halides is 6. The van der Waals surface area contributed by atoms with Gasteiger partial charge in [-0.15, -0.1) is 0 Å². The van der Waals surface area contributed by atoms with Gasteiger partial charge in [0, 0.05) is 12.3 Å². The average Bonchev–Trinajstić information content (AvgIpc) is 2.10. The molecule has 0 unspecified atom stereocenters. The zero-order valence-corrected chi connectivity index (χ0v) is 7.81. The monoisotopic (exact) mass is 263 g/mol. The van der Waals surface area contributed by atoms with Crippen LogP contribution in [0.25, 0.3) is 0 Å². The molecule has 0 fully saturated rings. The lowest BCUT2D eigenvalue weighted by Gasteiger charge is -2.23. The fraction of sp³-hybridized carbons (Fsp3) is 0.375. The summed E-state index contributed by atoms with van der Waals surface area (Å²) in [5.41, 5.74) is 0. The molecule has 0 spiro atoms. The second kappa shape index (κ2) is 4.38. The Kier molecular flexibility index (Phi) is 3.48. The van der Waals surface area contributed by atoms with E-state index in [9.17, 15) is 30.7 Å². The van der Waals surface area contributed by atoms with E-state index >= 15 is 0 Å². The van der Waals surface area contributed by atoms with Crippen molar-refractivity contribution in [3.8, 4) is 5.88 Å². The summed E-state index contributed by atoms with van der Waals surface area (Å²) in [5.74, 6) is -2.15. The van der Waals surface area contributed by atoms with Crippen molar-refractivity contribution >= 4 is 0 Å². The molecule has 0 aliphatic carbocycles. The standard InChI is InChI=1S/C8H4F7NO/c9-4-1-2-16-5(3-4)17-6(7(10,11)12)8(13,14)15/h1-3,6H. The van der Waals surface area contributed by atoms with Crippen LogP contribution in [0.2, 0.25) is 0 Å². The molecule has 1 heterocycles. The minimum atomic E-state index is -5.66. The Balaban J connectivity index is 2.96. The molecule has 1 aromatic heterocycles. The Morgan fingerprint density at radius 2 is 1.59 bits per heavy atom. The number of rotatable bonds is 2. The molecule has 0 aliphatic rings. The minimum absolute atomic E-state index is 0.324. The molecule has 0 atom stereocenters. The molecule has 0 radical (unpaired) electrons. The van der Waals surface area contributed by atoms with Gasteiger partial charge in [-0.3, -0.25) is 0 Å². The molecule has 1 aromatic rings. The van der Waals surface area contributed by atoms with Crippen molar-refractivity contribution in [2.45, 2.75) is 18.5 Å². The largest absolute Gasteiger partial charge is 0.455 e. The molecule has 2 nitrogen and oxygen atoms in total. The van der Waals surface area contributed by atoms with Crippen LogP contribution in [-0.2, 0) is 0 Å². The van der Waals surface area contributed by atoms with Gasteiger partial charge in [-0.05, 0) is 6.07 Å². The van der Waals surface area contributed by atoms with E-state index in [2.05, 4.69) is 9.72 Å². The van der Waals surface area contributed by atoms with Crippen molar-refractivity contribution in [1.29, 1.82) is 0 Å². The molecular weight excluding hydrogens is 259 g/mol. The predicted octanol–water partition coefficient (Wildman–Crippen LogP) is 3.09. The second-order valence-corrected chi connectivity index (χ2v) is 2.89. The lowest BCUT2D eigenvalue weighted by molar-refractivity contribution is -0.300. The van der Waals surface area contributed by atoms with E-state index in [-0.39, 0.29) is 0 Å². The minimum Gasteiger partial charge on any atom is -0.455 e. The van der Waals surface area contributed by atoms with Gasteiger partial charge in [0.1, 0.15) is 5.82 Å². The van der Waals surface area contributed by atoms with Crippen molar-refractivity contribution in [2.75, 3.05) is 0 Å². The molecule has 0 bridgehead atoms. The van der Waals surface area contributed by atoms with Gasteiger partial charge < -0.3 is 4.74 Å². The summed E-state index contributed by atoms with van der Waals surface area (Å²) in [5, 5.41) is 0. The lowest BCUT2D eigenvalue weighted by atomic mass is 10.3. The maximum Gasteiger partial charge on any atom is 0.434 e. The van der Waals surface area contributed by atoms with Crippen LogP contribution in [0.3, 0.4) is 0 Å². The first kappa shape index (κ1) is 13.5. The lowest BCUT2D eigenvalue weighted by Crippen LogP contribution is -2.46. The number of hydrogen-bond acceptors (Lipinski definition) is 2. The fourth-order valence-corrected chi connectivity index (χ4v) is 0.890. The van der Waals surface area contributed by atoms with Crippen molar-refractivity contribution in [3.05, 3.63) is 24.1 Å². The SMILES string of the molecule is Fc1ccnc(OC(C(F)(F)F)C(F)(F)F)c1. The third kappa shape index (κ3) is 3.75. The molecular formula is C8H4F7NO. The Morgan fingerprint density at radius 1 is 1.06 bits per heavy atom.